The van der Waals surface area contributed by atoms with Gasteiger partial charge >= 0.3 is 0 Å². The summed E-state index contributed by atoms with van der Waals surface area (Å²) in [5, 5.41) is 5.59. The molecule has 0 unspecified atom stereocenters. The molecule has 0 radical (unpaired) electrons. The first-order valence-corrected chi connectivity index (χ1v) is 9.13. The number of anilines is 2. The number of amides is 2. The van der Waals surface area contributed by atoms with E-state index in [1.54, 1.807) is 36.7 Å². The van der Waals surface area contributed by atoms with E-state index in [-0.39, 0.29) is 18.4 Å². The summed E-state index contributed by atoms with van der Waals surface area (Å²) in [6.07, 6.45) is 3.40. The number of imidazole rings is 1. The van der Waals surface area contributed by atoms with Gasteiger partial charge in [-0.15, -0.1) is 0 Å². The lowest BCUT2D eigenvalue weighted by atomic mass is 10.2. The van der Waals surface area contributed by atoms with Crippen LogP contribution in [0.5, 0.6) is 0 Å². The molecule has 7 heteroatoms. The Kier molecular flexibility index (Phi) is 5.03. The standard InChI is InChI=1S/C22H19N5O2/c1-15(28)24-17-5-4-6-18(13-17)25-21(29)14-27-20-8-3-2-7-19(20)26-22(27)16-9-11-23-12-10-16/h2-13H,14H2,1H3,(H,24,28)(H,25,29). The summed E-state index contributed by atoms with van der Waals surface area (Å²) in [5.74, 6) is 0.347. The van der Waals surface area contributed by atoms with Crippen LogP contribution in [0.2, 0.25) is 0 Å². The number of hydrogen-bond donors (Lipinski definition) is 2. The van der Waals surface area contributed by atoms with Crippen molar-refractivity contribution in [3.05, 3.63) is 73.1 Å². The Morgan fingerprint density at radius 1 is 0.931 bits per heavy atom. The summed E-state index contributed by atoms with van der Waals surface area (Å²) in [6.45, 7) is 1.54. The molecule has 0 fully saturated rings. The summed E-state index contributed by atoms with van der Waals surface area (Å²) in [6, 6.07) is 18.5. The first-order valence-electron chi connectivity index (χ1n) is 9.13. The number of aromatic nitrogens is 3. The third kappa shape index (κ3) is 4.14. The molecule has 0 aliphatic heterocycles. The minimum atomic E-state index is -0.191. The topological polar surface area (TPSA) is 88.9 Å². The van der Waals surface area contributed by atoms with Crippen molar-refractivity contribution in [3.8, 4) is 11.4 Å². The largest absolute Gasteiger partial charge is 0.326 e. The van der Waals surface area contributed by atoms with E-state index in [1.165, 1.54) is 6.92 Å². The summed E-state index contributed by atoms with van der Waals surface area (Å²) in [5.41, 5.74) is 3.81. The minimum Gasteiger partial charge on any atom is -0.326 e. The molecule has 7 nitrogen and oxygen atoms in total. The van der Waals surface area contributed by atoms with E-state index in [1.807, 2.05) is 41.0 Å². The quantitative estimate of drug-likeness (QED) is 0.548. The second-order valence-electron chi connectivity index (χ2n) is 6.56. The first-order chi connectivity index (χ1) is 14.1. The van der Waals surface area contributed by atoms with Crippen LogP contribution in [0, 0.1) is 0 Å². The zero-order valence-electron chi connectivity index (χ0n) is 15.8. The smallest absolute Gasteiger partial charge is 0.244 e. The molecule has 4 rings (SSSR count). The SMILES string of the molecule is CC(=O)Nc1cccc(NC(=O)Cn2c(-c3ccncc3)nc3ccccc32)c1. The van der Waals surface area contributed by atoms with Crippen LogP contribution in [-0.4, -0.2) is 26.3 Å². The zero-order valence-corrected chi connectivity index (χ0v) is 15.8. The molecule has 2 aromatic carbocycles. The fourth-order valence-corrected chi connectivity index (χ4v) is 3.18. The van der Waals surface area contributed by atoms with Crippen LogP contribution < -0.4 is 10.6 Å². The van der Waals surface area contributed by atoms with Crippen molar-refractivity contribution in [3.63, 3.8) is 0 Å². The number of hydrogen-bond acceptors (Lipinski definition) is 4. The first kappa shape index (κ1) is 18.4. The second kappa shape index (κ2) is 7.93. The molecule has 2 heterocycles. The van der Waals surface area contributed by atoms with Gasteiger partial charge in [-0.3, -0.25) is 14.6 Å². The average molecular weight is 385 g/mol. The Balaban J connectivity index is 1.62. The summed E-state index contributed by atoms with van der Waals surface area (Å²) in [7, 11) is 0. The molecule has 0 saturated heterocycles. The molecule has 0 bridgehead atoms. The predicted molar refractivity (Wildman–Crippen MR) is 112 cm³/mol. The van der Waals surface area contributed by atoms with Gasteiger partial charge in [0.2, 0.25) is 11.8 Å². The summed E-state index contributed by atoms with van der Waals surface area (Å²) >= 11 is 0. The molecule has 0 aliphatic rings. The van der Waals surface area contributed by atoms with E-state index >= 15 is 0 Å². The predicted octanol–water partition coefficient (Wildman–Crippen LogP) is 3.70. The van der Waals surface area contributed by atoms with E-state index in [4.69, 9.17) is 4.98 Å². The molecule has 2 N–H and O–H groups in total. The highest BCUT2D eigenvalue weighted by Crippen LogP contribution is 2.24. The Morgan fingerprint density at radius 2 is 1.66 bits per heavy atom. The van der Waals surface area contributed by atoms with Crippen molar-refractivity contribution < 1.29 is 9.59 Å². The Labute approximate surface area is 167 Å². The average Bonchev–Trinajstić information content (AvgIpc) is 3.07. The minimum absolute atomic E-state index is 0.0997. The number of carbonyl (C=O) groups excluding carboxylic acids is 2. The lowest BCUT2D eigenvalue weighted by molar-refractivity contribution is -0.116. The van der Waals surface area contributed by atoms with Crippen LogP contribution in [-0.2, 0) is 16.1 Å². The van der Waals surface area contributed by atoms with Gasteiger partial charge in [-0.05, 0) is 42.5 Å². The van der Waals surface area contributed by atoms with Crippen molar-refractivity contribution in [2.24, 2.45) is 0 Å². The van der Waals surface area contributed by atoms with Crippen LogP contribution in [0.1, 0.15) is 6.92 Å². The molecule has 0 spiro atoms. The number of rotatable bonds is 5. The molecule has 0 aliphatic carbocycles. The van der Waals surface area contributed by atoms with E-state index in [0.29, 0.717) is 17.2 Å². The Bertz CT molecular complexity index is 1180. The molecule has 144 valence electrons. The van der Waals surface area contributed by atoms with Crippen molar-refractivity contribution in [1.82, 2.24) is 14.5 Å². The van der Waals surface area contributed by atoms with Gasteiger partial charge in [0, 0.05) is 36.3 Å². The molecule has 0 saturated carbocycles. The van der Waals surface area contributed by atoms with Crippen LogP contribution in [0.4, 0.5) is 11.4 Å². The molecule has 29 heavy (non-hydrogen) atoms. The maximum absolute atomic E-state index is 12.8. The van der Waals surface area contributed by atoms with Gasteiger partial charge in [0.25, 0.3) is 0 Å². The molecule has 4 aromatic rings. The van der Waals surface area contributed by atoms with E-state index in [0.717, 1.165) is 16.6 Å². The zero-order chi connectivity index (χ0) is 20.2. The van der Waals surface area contributed by atoms with Gasteiger partial charge in [-0.25, -0.2) is 4.98 Å². The maximum atomic E-state index is 12.8. The van der Waals surface area contributed by atoms with Gasteiger partial charge in [0.05, 0.1) is 11.0 Å². The lowest BCUT2D eigenvalue weighted by Gasteiger charge is -2.11. The number of fused-ring (bicyclic) bond motifs is 1. The van der Waals surface area contributed by atoms with Crippen LogP contribution in [0.15, 0.2) is 73.1 Å². The Morgan fingerprint density at radius 3 is 2.41 bits per heavy atom. The van der Waals surface area contributed by atoms with Crippen LogP contribution in [0.3, 0.4) is 0 Å². The molecular formula is C22H19N5O2. The van der Waals surface area contributed by atoms with Crippen molar-refractivity contribution in [1.29, 1.82) is 0 Å². The number of para-hydroxylation sites is 2. The summed E-state index contributed by atoms with van der Waals surface area (Å²) < 4.78 is 1.89. The van der Waals surface area contributed by atoms with Gasteiger partial charge in [0.15, 0.2) is 0 Å². The van der Waals surface area contributed by atoms with Crippen molar-refractivity contribution >= 4 is 34.2 Å². The summed E-state index contributed by atoms with van der Waals surface area (Å²) in [4.78, 5) is 32.8. The number of carbonyl (C=O) groups is 2. The van der Waals surface area contributed by atoms with Crippen molar-refractivity contribution in [2.75, 3.05) is 10.6 Å². The van der Waals surface area contributed by atoms with Gasteiger partial charge < -0.3 is 15.2 Å². The third-order valence-electron chi connectivity index (χ3n) is 4.36. The Hall–Kier alpha value is -4.00. The monoisotopic (exact) mass is 385 g/mol. The lowest BCUT2D eigenvalue weighted by Crippen LogP contribution is -2.19. The van der Waals surface area contributed by atoms with E-state index in [2.05, 4.69) is 15.6 Å². The normalized spacial score (nSPS) is 10.7. The number of pyridine rings is 1. The number of nitrogens with zero attached hydrogens (tertiary/aromatic N) is 3. The van der Waals surface area contributed by atoms with Crippen LogP contribution in [0.25, 0.3) is 22.4 Å². The molecule has 0 atom stereocenters. The maximum Gasteiger partial charge on any atom is 0.244 e. The highest BCUT2D eigenvalue weighted by atomic mass is 16.2. The second-order valence-corrected chi connectivity index (χ2v) is 6.56. The van der Waals surface area contributed by atoms with Crippen molar-refractivity contribution in [2.45, 2.75) is 13.5 Å². The third-order valence-corrected chi connectivity index (χ3v) is 4.36. The molecule has 2 amide bonds. The number of nitrogens with one attached hydrogen (secondary N) is 2. The highest BCUT2D eigenvalue weighted by Gasteiger charge is 2.15. The van der Waals surface area contributed by atoms with Gasteiger partial charge in [-0.2, -0.15) is 0 Å². The highest BCUT2D eigenvalue weighted by molar-refractivity contribution is 5.94. The van der Waals surface area contributed by atoms with Gasteiger partial charge in [0.1, 0.15) is 12.4 Å². The fourth-order valence-electron chi connectivity index (χ4n) is 3.18. The van der Waals surface area contributed by atoms with Gasteiger partial charge in [-0.1, -0.05) is 18.2 Å². The molecular weight excluding hydrogens is 366 g/mol. The van der Waals surface area contributed by atoms with Crippen LogP contribution >= 0.6 is 0 Å². The fraction of sp³-hybridized carbons (Fsp3) is 0.0909. The van der Waals surface area contributed by atoms with E-state index in [9.17, 15) is 9.59 Å². The number of benzene rings is 2. The van der Waals surface area contributed by atoms with E-state index < -0.39 is 0 Å². The molecule has 2 aromatic heterocycles.